The molecule has 0 radical (unpaired) electrons. The summed E-state index contributed by atoms with van der Waals surface area (Å²) in [4.78, 5) is 0. The van der Waals surface area contributed by atoms with E-state index in [1.165, 1.54) is 103 Å². The molecule has 0 N–H and O–H groups in total. The summed E-state index contributed by atoms with van der Waals surface area (Å²) >= 11 is 0. The lowest BCUT2D eigenvalue weighted by Crippen LogP contribution is -2.40. The van der Waals surface area contributed by atoms with Crippen LogP contribution in [0.25, 0.3) is 0 Å². The standard InChI is InChI=1S/C24H50O2/c1-6-8-10-12-14-15-16-18-20-22-24(25-4,26-5)23(3)21-19-17-13-11-9-7-2/h23H,6-22H2,1-5H3. The van der Waals surface area contributed by atoms with Gasteiger partial charge in [0.05, 0.1) is 0 Å². The quantitative estimate of drug-likeness (QED) is 0.158. The number of methoxy groups -OCH3 is 2. The summed E-state index contributed by atoms with van der Waals surface area (Å²) in [5.74, 6) is 0.0996. The van der Waals surface area contributed by atoms with E-state index in [1.807, 2.05) is 14.2 Å². The van der Waals surface area contributed by atoms with Crippen LogP contribution < -0.4 is 0 Å². The number of unbranched alkanes of at least 4 members (excludes halogenated alkanes) is 13. The Hall–Kier alpha value is -0.0800. The molecule has 1 atom stereocenters. The Morgan fingerprint density at radius 1 is 0.577 bits per heavy atom. The summed E-state index contributed by atoms with van der Waals surface area (Å²) < 4.78 is 11.8. The molecule has 0 aromatic rings. The van der Waals surface area contributed by atoms with Crippen molar-refractivity contribution < 1.29 is 9.47 Å². The second-order valence-electron chi connectivity index (χ2n) is 8.26. The highest BCUT2D eigenvalue weighted by molar-refractivity contribution is 4.76. The number of hydrogen-bond donors (Lipinski definition) is 0. The first-order valence-corrected chi connectivity index (χ1v) is 11.8. The van der Waals surface area contributed by atoms with Crippen LogP contribution in [0.2, 0.25) is 0 Å². The smallest absolute Gasteiger partial charge is 0.170 e. The molecule has 0 rings (SSSR count). The van der Waals surface area contributed by atoms with Gasteiger partial charge in [0.1, 0.15) is 0 Å². The fourth-order valence-corrected chi connectivity index (χ4v) is 4.07. The molecular formula is C24H50O2. The summed E-state index contributed by atoms with van der Waals surface area (Å²) in [5, 5.41) is 0. The van der Waals surface area contributed by atoms with Crippen LogP contribution in [0.1, 0.15) is 130 Å². The first-order chi connectivity index (χ1) is 12.7. The third-order valence-electron chi connectivity index (χ3n) is 6.06. The third kappa shape index (κ3) is 12.3. The molecular weight excluding hydrogens is 320 g/mol. The van der Waals surface area contributed by atoms with Gasteiger partial charge in [0.25, 0.3) is 0 Å². The Morgan fingerprint density at radius 3 is 1.38 bits per heavy atom. The van der Waals surface area contributed by atoms with E-state index in [4.69, 9.17) is 9.47 Å². The molecule has 1 unspecified atom stereocenters. The van der Waals surface area contributed by atoms with E-state index in [2.05, 4.69) is 20.8 Å². The van der Waals surface area contributed by atoms with Gasteiger partial charge in [0.15, 0.2) is 5.79 Å². The first-order valence-electron chi connectivity index (χ1n) is 11.8. The predicted octanol–water partition coefficient (Wildman–Crippen LogP) is 8.28. The molecule has 0 aliphatic rings. The fraction of sp³-hybridized carbons (Fsp3) is 1.00. The molecule has 0 aromatic heterocycles. The Bertz CT molecular complexity index is 273. The summed E-state index contributed by atoms with van der Waals surface area (Å²) in [6, 6.07) is 0. The maximum atomic E-state index is 5.89. The van der Waals surface area contributed by atoms with Crippen LogP contribution in [0, 0.1) is 5.92 Å². The van der Waals surface area contributed by atoms with Crippen molar-refractivity contribution in [1.82, 2.24) is 0 Å². The maximum Gasteiger partial charge on any atom is 0.170 e. The lowest BCUT2D eigenvalue weighted by molar-refractivity contribution is -0.242. The van der Waals surface area contributed by atoms with Crippen LogP contribution >= 0.6 is 0 Å². The second-order valence-corrected chi connectivity index (χ2v) is 8.26. The largest absolute Gasteiger partial charge is 0.353 e. The van der Waals surface area contributed by atoms with Gasteiger partial charge in [-0.2, -0.15) is 0 Å². The molecule has 0 saturated carbocycles. The van der Waals surface area contributed by atoms with Crippen molar-refractivity contribution in [3.8, 4) is 0 Å². The van der Waals surface area contributed by atoms with Gasteiger partial charge in [-0.1, -0.05) is 111 Å². The minimum absolute atomic E-state index is 0.370. The molecule has 0 amide bonds. The van der Waals surface area contributed by atoms with Crippen LogP contribution in [-0.4, -0.2) is 20.0 Å². The lowest BCUT2D eigenvalue weighted by atomic mass is 9.89. The van der Waals surface area contributed by atoms with Gasteiger partial charge in [0.2, 0.25) is 0 Å². The van der Waals surface area contributed by atoms with Gasteiger partial charge in [-0.15, -0.1) is 0 Å². The third-order valence-corrected chi connectivity index (χ3v) is 6.06. The van der Waals surface area contributed by atoms with Crippen molar-refractivity contribution in [2.45, 2.75) is 136 Å². The normalized spacial score (nSPS) is 13.3. The second kappa shape index (κ2) is 18.3. The fourth-order valence-electron chi connectivity index (χ4n) is 4.07. The van der Waals surface area contributed by atoms with Gasteiger partial charge in [-0.05, 0) is 12.8 Å². The summed E-state index contributed by atoms with van der Waals surface area (Å²) in [7, 11) is 3.66. The summed E-state index contributed by atoms with van der Waals surface area (Å²) in [5.41, 5.74) is 0. The molecule has 0 aromatic carbocycles. The molecule has 0 heterocycles. The molecule has 0 aliphatic carbocycles. The highest BCUT2D eigenvalue weighted by Crippen LogP contribution is 2.32. The van der Waals surface area contributed by atoms with Crippen LogP contribution in [-0.2, 0) is 9.47 Å². The van der Waals surface area contributed by atoms with Crippen LogP contribution in [0.4, 0.5) is 0 Å². The zero-order valence-corrected chi connectivity index (χ0v) is 18.9. The average Bonchev–Trinajstić information content (AvgIpc) is 2.66. The van der Waals surface area contributed by atoms with Gasteiger partial charge in [0, 0.05) is 26.6 Å². The lowest BCUT2D eigenvalue weighted by Gasteiger charge is -2.37. The molecule has 2 heteroatoms. The molecule has 0 saturated heterocycles. The molecule has 2 nitrogen and oxygen atoms in total. The predicted molar refractivity (Wildman–Crippen MR) is 116 cm³/mol. The van der Waals surface area contributed by atoms with Crippen molar-refractivity contribution in [3.63, 3.8) is 0 Å². The van der Waals surface area contributed by atoms with E-state index in [0.29, 0.717) is 5.92 Å². The topological polar surface area (TPSA) is 18.5 Å². The van der Waals surface area contributed by atoms with E-state index in [0.717, 1.165) is 6.42 Å². The molecule has 0 fully saturated rings. The average molecular weight is 371 g/mol. The van der Waals surface area contributed by atoms with Gasteiger partial charge >= 0.3 is 0 Å². The maximum absolute atomic E-state index is 5.89. The van der Waals surface area contributed by atoms with Crippen molar-refractivity contribution in [2.24, 2.45) is 5.92 Å². The Labute approximate surface area is 165 Å². The van der Waals surface area contributed by atoms with Crippen molar-refractivity contribution in [1.29, 1.82) is 0 Å². The Kier molecular flexibility index (Phi) is 18.2. The van der Waals surface area contributed by atoms with Crippen molar-refractivity contribution in [2.75, 3.05) is 14.2 Å². The van der Waals surface area contributed by atoms with Gasteiger partial charge in [-0.25, -0.2) is 0 Å². The van der Waals surface area contributed by atoms with E-state index in [1.54, 1.807) is 0 Å². The molecule has 26 heavy (non-hydrogen) atoms. The van der Waals surface area contributed by atoms with Crippen molar-refractivity contribution in [3.05, 3.63) is 0 Å². The van der Waals surface area contributed by atoms with Crippen molar-refractivity contribution >= 4 is 0 Å². The minimum atomic E-state index is -0.370. The monoisotopic (exact) mass is 370 g/mol. The number of hydrogen-bond acceptors (Lipinski definition) is 2. The minimum Gasteiger partial charge on any atom is -0.353 e. The zero-order valence-electron chi connectivity index (χ0n) is 18.9. The van der Waals surface area contributed by atoms with Crippen LogP contribution in [0.5, 0.6) is 0 Å². The zero-order chi connectivity index (χ0) is 19.5. The molecule has 0 bridgehead atoms. The highest BCUT2D eigenvalue weighted by Gasteiger charge is 2.35. The number of rotatable bonds is 20. The highest BCUT2D eigenvalue weighted by atomic mass is 16.7. The number of ether oxygens (including phenoxy) is 2. The molecule has 158 valence electrons. The van der Waals surface area contributed by atoms with E-state index < -0.39 is 0 Å². The first kappa shape index (κ1) is 25.9. The Morgan fingerprint density at radius 2 is 0.962 bits per heavy atom. The van der Waals surface area contributed by atoms with Crippen LogP contribution in [0.3, 0.4) is 0 Å². The summed E-state index contributed by atoms with van der Waals surface area (Å²) in [6.45, 7) is 6.87. The SMILES string of the molecule is CCCCCCCCCCCC(OC)(OC)C(C)CCCCCCCC. The van der Waals surface area contributed by atoms with E-state index in [9.17, 15) is 0 Å². The molecule has 0 aliphatic heterocycles. The molecule has 0 spiro atoms. The Balaban J connectivity index is 3.92. The summed E-state index contributed by atoms with van der Waals surface area (Å²) in [6.07, 6.45) is 22.7. The van der Waals surface area contributed by atoms with Gasteiger partial charge in [-0.3, -0.25) is 0 Å². The van der Waals surface area contributed by atoms with E-state index in [-0.39, 0.29) is 5.79 Å². The van der Waals surface area contributed by atoms with E-state index >= 15 is 0 Å². The van der Waals surface area contributed by atoms with Gasteiger partial charge < -0.3 is 9.47 Å². The van der Waals surface area contributed by atoms with Crippen LogP contribution in [0.15, 0.2) is 0 Å².